The highest BCUT2D eigenvalue weighted by Gasteiger charge is 2.59. The van der Waals surface area contributed by atoms with Crippen molar-refractivity contribution < 1.29 is 24.4 Å². The van der Waals surface area contributed by atoms with Crippen molar-refractivity contribution in [2.45, 2.75) is 391 Å². The quantitative estimate of drug-likeness (QED) is 0.135. The van der Waals surface area contributed by atoms with Gasteiger partial charge in [-0.1, -0.05) is 132 Å². The average Bonchev–Trinajstić information content (AvgIpc) is 0.740. The van der Waals surface area contributed by atoms with Crippen molar-refractivity contribution >= 4 is 5.95 Å². The second kappa shape index (κ2) is 45.7. The SMILES string of the molecule is CC(C)(C)COC[C@@H](O)CN1CCN(C(C)(C)C)CC1.CC(C)(C)COC[C@H](O)CN1CCN(C(C)(C)C)CC1.CC(C)(C)COc1ccnc(N2CCN(C(C)(C)C)CC2)n1.C[C@@H]1CC(N2CC3(C2)CN(C(C)(C)C)C3)CCN1CC(C)(C)C.C[C@@H]1CC(N2CC3(C2)CN(C(C)(C)C)C3)[C@@H](C)CN1CC(C)(C)C.C[C@H]1CC(N2CC3(C2)CN(C(C)(C)C)C3)CCN1CC(C)(C)C. The Morgan fingerprint density at radius 1 is 0.348 bits per heavy atom. The number of piperidine rings is 3. The van der Waals surface area contributed by atoms with E-state index in [1.807, 2.05) is 6.07 Å². The topological polar surface area (TPSA) is 143 Å². The molecule has 0 aliphatic carbocycles. The number of anilines is 1. The fourth-order valence-corrected chi connectivity index (χ4v) is 22.3. The molecule has 0 aromatic carbocycles. The molecule has 1 aromatic rings. The summed E-state index contributed by atoms with van der Waals surface area (Å²) in [5, 5.41) is 20.1. The molecule has 9 atom stereocenters. The molecule has 3 unspecified atom stereocenters. The van der Waals surface area contributed by atoms with E-state index < -0.39 is 0 Å². The molecule has 22 heteroatoms. The van der Waals surface area contributed by atoms with Crippen LogP contribution >= 0.6 is 0 Å². The highest BCUT2D eigenvalue weighted by Crippen LogP contribution is 2.49. The van der Waals surface area contributed by atoms with Gasteiger partial charge in [-0.2, -0.15) is 4.98 Å². The van der Waals surface area contributed by atoms with Gasteiger partial charge in [0.2, 0.25) is 11.8 Å². The average molecular weight is 1860 g/mol. The van der Waals surface area contributed by atoms with Crippen molar-refractivity contribution in [2.24, 2.45) is 54.7 Å². The predicted molar refractivity (Wildman–Crippen MR) is 560 cm³/mol. The fraction of sp³-hybridized carbons (Fsp3) is 0.964. The van der Waals surface area contributed by atoms with Crippen LogP contribution in [-0.2, 0) is 9.47 Å². The van der Waals surface area contributed by atoms with Gasteiger partial charge in [-0.15, -0.1) is 0 Å². The van der Waals surface area contributed by atoms with Crippen LogP contribution in [0, 0.1) is 54.7 Å². The minimum absolute atomic E-state index is 0.128. The molecule has 3 spiro atoms. The fourth-order valence-electron chi connectivity index (χ4n) is 22.3. The maximum absolute atomic E-state index is 10.0. The van der Waals surface area contributed by atoms with Crippen LogP contribution in [0.3, 0.4) is 0 Å². The molecule has 0 saturated carbocycles. The summed E-state index contributed by atoms with van der Waals surface area (Å²) < 4.78 is 17.0. The lowest BCUT2D eigenvalue weighted by Gasteiger charge is -2.66. The van der Waals surface area contributed by atoms with E-state index in [-0.39, 0.29) is 45.1 Å². The van der Waals surface area contributed by atoms with Crippen LogP contribution in [0.1, 0.15) is 309 Å². The summed E-state index contributed by atoms with van der Waals surface area (Å²) in [5.74, 6) is 2.25. The van der Waals surface area contributed by atoms with Crippen LogP contribution in [-0.4, -0.2) is 413 Å². The van der Waals surface area contributed by atoms with Gasteiger partial charge in [0, 0.05) is 294 Å². The van der Waals surface area contributed by atoms with Gasteiger partial charge in [0.15, 0.2) is 0 Å². The Morgan fingerprint density at radius 2 is 0.652 bits per heavy atom. The lowest BCUT2D eigenvalue weighted by Crippen LogP contribution is -2.76. The lowest BCUT2D eigenvalue weighted by atomic mass is 9.69. The third-order valence-electron chi connectivity index (χ3n) is 30.2. The van der Waals surface area contributed by atoms with E-state index in [9.17, 15) is 10.2 Å². The van der Waals surface area contributed by atoms with Crippen LogP contribution in [0.15, 0.2) is 12.3 Å². The molecule has 13 rings (SSSR count). The Kier molecular flexibility index (Phi) is 39.9. The minimum Gasteiger partial charge on any atom is -0.477 e. The molecule has 0 amide bonds. The molecular formula is C110H217N17O5. The summed E-state index contributed by atoms with van der Waals surface area (Å²) >= 11 is 0. The maximum Gasteiger partial charge on any atom is 0.228 e. The van der Waals surface area contributed by atoms with Crippen molar-refractivity contribution in [3.8, 4) is 5.88 Å². The molecule has 13 heterocycles. The van der Waals surface area contributed by atoms with Crippen molar-refractivity contribution in [2.75, 3.05) is 247 Å². The molecule has 0 bridgehead atoms. The molecule has 12 aliphatic heterocycles. The standard InChI is InChI=1S/C21H41N3.2C20H39N3.C17H30N4O.2C16H34N2O2/c1-16-10-22(11-19(3,4)5)17(2)9-18(16)23-12-21(13-23)14-24(15-21)20(6,7)8;2*1-16-10-17(8-9-21(16)11-18(2,3)4)22-12-20(13-22)14-23(15-20)19(5,6)7;1-16(2,3)13-22-14-7-8-18-15(19-14)20-9-11-21(12-10-20)17(4,5)6;2*1-15(2,3)13-20-12-14(19)11-17-7-9-18(10-8-17)16(4,5)6/h16-18H,9-15H2,1-8H3;2*16-17H,8-15H2,1-7H3;7-8H,9-13H2,1-6H3;2*14,19H,7-13H2,1-6H3/t16-,17+,18?;2*16-,17?;;2*14-/m010.10/s1. The number of hydrogen-bond acceptors (Lipinski definition) is 22. The molecule has 132 heavy (non-hydrogen) atoms. The molecule has 2 N–H and O–H groups in total. The summed E-state index contributed by atoms with van der Waals surface area (Å²) in [6, 6.07) is 6.56. The molecule has 12 fully saturated rings. The van der Waals surface area contributed by atoms with Gasteiger partial charge in [-0.25, -0.2) is 4.98 Å². The highest BCUT2D eigenvalue weighted by molar-refractivity contribution is 5.33. The van der Waals surface area contributed by atoms with Gasteiger partial charge >= 0.3 is 0 Å². The number of piperazine rings is 3. The number of likely N-dealkylation sites (tertiary alicyclic amines) is 9. The third kappa shape index (κ3) is 37.4. The van der Waals surface area contributed by atoms with Crippen molar-refractivity contribution in [1.82, 2.24) is 78.6 Å². The van der Waals surface area contributed by atoms with E-state index in [0.29, 0.717) is 88.0 Å². The van der Waals surface area contributed by atoms with Crippen LogP contribution < -0.4 is 9.64 Å². The van der Waals surface area contributed by atoms with Gasteiger partial charge < -0.3 is 39.1 Å². The number of rotatable bonds is 19. The van der Waals surface area contributed by atoms with Gasteiger partial charge in [0.1, 0.15) is 0 Å². The van der Waals surface area contributed by atoms with Crippen LogP contribution in [0.4, 0.5) is 5.95 Å². The molecule has 12 aliphatic rings. The van der Waals surface area contributed by atoms with E-state index in [1.54, 1.807) is 6.20 Å². The first-order valence-electron chi connectivity index (χ1n) is 53.3. The van der Waals surface area contributed by atoms with Gasteiger partial charge in [-0.05, 0) is 229 Å². The minimum atomic E-state index is -0.376. The van der Waals surface area contributed by atoms with Crippen molar-refractivity contribution in [1.29, 1.82) is 0 Å². The molecule has 772 valence electrons. The van der Waals surface area contributed by atoms with Gasteiger partial charge in [-0.3, -0.25) is 58.8 Å². The first kappa shape index (κ1) is 115. The Balaban J connectivity index is 0.000000195. The molecule has 0 radical (unpaired) electrons. The third-order valence-corrected chi connectivity index (χ3v) is 30.2. The Hall–Kier alpha value is -2.04. The highest BCUT2D eigenvalue weighted by atomic mass is 16.5. The number of aromatic nitrogens is 2. The lowest BCUT2D eigenvalue weighted by molar-refractivity contribution is -0.169. The summed E-state index contributed by atoms with van der Waals surface area (Å²) in [6.45, 7) is 132. The number of ether oxygens (including phenoxy) is 3. The molecule has 12 saturated heterocycles. The number of aliphatic hydroxyl groups is 2. The zero-order valence-corrected chi connectivity index (χ0v) is 94.3. The Labute approximate surface area is 815 Å². The first-order chi connectivity index (χ1) is 60.1. The van der Waals surface area contributed by atoms with Gasteiger partial charge in [0.25, 0.3) is 0 Å². The van der Waals surface area contributed by atoms with E-state index in [0.717, 1.165) is 140 Å². The van der Waals surface area contributed by atoms with Crippen LogP contribution in [0.2, 0.25) is 0 Å². The van der Waals surface area contributed by atoms with E-state index in [1.165, 1.54) is 150 Å². The normalized spacial score (nSPS) is 27.5. The summed E-state index contributed by atoms with van der Waals surface area (Å²) in [6.07, 6.45) is 7.88. The number of β-amino-alcohol motifs (C(OH)–C–C–N with tert-alkyl or cyclic N) is 2. The zero-order chi connectivity index (χ0) is 99.2. The van der Waals surface area contributed by atoms with Crippen molar-refractivity contribution in [3.63, 3.8) is 0 Å². The zero-order valence-electron chi connectivity index (χ0n) is 94.3. The Morgan fingerprint density at radius 3 is 0.955 bits per heavy atom. The van der Waals surface area contributed by atoms with E-state index in [2.05, 4.69) is 360 Å². The van der Waals surface area contributed by atoms with Gasteiger partial charge in [0.05, 0.1) is 45.2 Å². The molecular weight excluding hydrogens is 1640 g/mol. The van der Waals surface area contributed by atoms with Crippen molar-refractivity contribution in [3.05, 3.63) is 12.3 Å². The molecule has 1 aromatic heterocycles. The maximum atomic E-state index is 10.0. The second-order valence-electron chi connectivity index (χ2n) is 58.1. The number of aliphatic hydroxyl groups excluding tert-OH is 2. The monoisotopic (exact) mass is 1860 g/mol. The summed E-state index contributed by atoms with van der Waals surface area (Å²) in [5.41, 5.74) is 5.45. The largest absolute Gasteiger partial charge is 0.477 e. The summed E-state index contributed by atoms with van der Waals surface area (Å²) in [7, 11) is 0. The van der Waals surface area contributed by atoms with Crippen LogP contribution in [0.25, 0.3) is 0 Å². The smallest absolute Gasteiger partial charge is 0.228 e. The first-order valence-corrected chi connectivity index (χ1v) is 53.3. The Bertz CT molecular complexity index is 3350. The number of nitrogens with zero attached hydrogens (tertiary/aromatic N) is 17. The summed E-state index contributed by atoms with van der Waals surface area (Å²) in [4.78, 5) is 48.0. The second-order valence-corrected chi connectivity index (χ2v) is 58.1. The predicted octanol–water partition coefficient (Wildman–Crippen LogP) is 16.6. The van der Waals surface area contributed by atoms with Crippen LogP contribution in [0.5, 0.6) is 5.88 Å². The number of hydrogen-bond donors (Lipinski definition) is 2. The van der Waals surface area contributed by atoms with E-state index in [4.69, 9.17) is 14.2 Å². The molecule has 22 nitrogen and oxygen atoms in total. The van der Waals surface area contributed by atoms with E-state index >= 15 is 0 Å².